The maximum atomic E-state index is 13.2. The zero-order valence-corrected chi connectivity index (χ0v) is 15.4. The molecular weight excluding hydrogens is 350 g/mol. The number of carbonyl (C=O) groups excluding carboxylic acids is 1. The summed E-state index contributed by atoms with van der Waals surface area (Å²) in [5.74, 6) is 0.885. The maximum absolute atomic E-state index is 13.2. The molecule has 2 aromatic carbocycles. The Hall–Kier alpha value is -3.60. The number of hydrogen-bond donors (Lipinski definition) is 0. The number of hydrogen-bond acceptors (Lipinski definition) is 3. The van der Waals surface area contributed by atoms with Gasteiger partial charge in [0.1, 0.15) is 5.76 Å². The van der Waals surface area contributed by atoms with Crippen LogP contribution in [0.25, 0.3) is 0 Å². The van der Waals surface area contributed by atoms with Crippen molar-refractivity contribution in [2.45, 2.75) is 13.0 Å². The van der Waals surface area contributed by atoms with Crippen molar-refractivity contribution in [1.29, 1.82) is 0 Å². The van der Waals surface area contributed by atoms with Crippen LogP contribution in [-0.2, 0) is 13.0 Å². The van der Waals surface area contributed by atoms with Crippen LogP contribution in [0.4, 0.5) is 5.69 Å². The quantitative estimate of drug-likeness (QED) is 0.483. The van der Waals surface area contributed by atoms with Gasteiger partial charge in [0.2, 0.25) is 0 Å². The second-order valence-corrected chi connectivity index (χ2v) is 6.50. The van der Waals surface area contributed by atoms with Crippen LogP contribution in [0.3, 0.4) is 0 Å². The van der Waals surface area contributed by atoms with Crippen LogP contribution in [0.5, 0.6) is 0 Å². The van der Waals surface area contributed by atoms with Gasteiger partial charge in [0, 0.05) is 24.6 Å². The van der Waals surface area contributed by atoms with Crippen LogP contribution in [0.1, 0.15) is 21.9 Å². The molecule has 5 nitrogen and oxygen atoms in total. The van der Waals surface area contributed by atoms with Crippen molar-refractivity contribution in [3.63, 3.8) is 0 Å². The molecule has 0 spiro atoms. The summed E-state index contributed by atoms with van der Waals surface area (Å²) in [6.07, 6.45) is 4.35. The first-order chi connectivity index (χ1) is 13.8. The molecule has 0 unspecified atom stereocenters. The molecule has 0 radical (unpaired) electrons. The number of furan rings is 1. The molecule has 4 aromatic rings. The fourth-order valence-electron chi connectivity index (χ4n) is 3.11. The van der Waals surface area contributed by atoms with Gasteiger partial charge in [-0.25, -0.2) is 0 Å². The molecule has 2 aromatic heterocycles. The monoisotopic (exact) mass is 371 g/mol. The summed E-state index contributed by atoms with van der Waals surface area (Å²) < 4.78 is 7.58. The Morgan fingerprint density at radius 1 is 0.929 bits per heavy atom. The second kappa shape index (κ2) is 8.39. The normalized spacial score (nSPS) is 10.7. The molecular formula is C23H21N3O2. The highest BCUT2D eigenvalue weighted by atomic mass is 16.4. The number of para-hydroxylation sites is 1. The van der Waals surface area contributed by atoms with E-state index in [2.05, 4.69) is 17.2 Å². The van der Waals surface area contributed by atoms with Crippen LogP contribution in [0, 0.1) is 0 Å². The first-order valence-electron chi connectivity index (χ1n) is 9.26. The van der Waals surface area contributed by atoms with Gasteiger partial charge in [-0.2, -0.15) is 5.10 Å². The van der Waals surface area contributed by atoms with Crippen molar-refractivity contribution in [3.05, 3.63) is 108 Å². The average Bonchev–Trinajstić information content (AvgIpc) is 3.42. The lowest BCUT2D eigenvalue weighted by Crippen LogP contribution is -2.32. The van der Waals surface area contributed by atoms with Crippen molar-refractivity contribution in [1.82, 2.24) is 9.78 Å². The largest absolute Gasteiger partial charge is 0.454 e. The van der Waals surface area contributed by atoms with Gasteiger partial charge in [-0.1, -0.05) is 48.5 Å². The fourth-order valence-corrected chi connectivity index (χ4v) is 3.11. The minimum atomic E-state index is -0.145. The van der Waals surface area contributed by atoms with Crippen LogP contribution in [0.15, 0.2) is 95.7 Å². The van der Waals surface area contributed by atoms with E-state index in [0.717, 1.165) is 12.1 Å². The molecule has 0 aliphatic rings. The SMILES string of the molecule is O=C(c1ccc(Cn2cccn2)o1)N(CCc1ccccc1)c1ccccc1. The third-order valence-corrected chi connectivity index (χ3v) is 4.53. The summed E-state index contributed by atoms with van der Waals surface area (Å²) in [6.45, 7) is 1.07. The lowest BCUT2D eigenvalue weighted by molar-refractivity contribution is 0.0958. The van der Waals surface area contributed by atoms with Crippen LogP contribution in [-0.4, -0.2) is 22.2 Å². The Bertz CT molecular complexity index is 1010. The van der Waals surface area contributed by atoms with E-state index in [9.17, 15) is 4.79 Å². The minimum Gasteiger partial charge on any atom is -0.454 e. The lowest BCUT2D eigenvalue weighted by Gasteiger charge is -2.22. The molecule has 4 rings (SSSR count). The standard InChI is InChI=1S/C23H21N3O2/c27-23(22-13-12-21(28-22)18-25-16-7-15-24-25)26(20-10-5-2-6-11-20)17-14-19-8-3-1-4-9-19/h1-13,15-16H,14,17-18H2. The number of carbonyl (C=O) groups is 1. The first kappa shape index (κ1) is 17.8. The lowest BCUT2D eigenvalue weighted by atomic mass is 10.1. The Balaban J connectivity index is 1.53. The Morgan fingerprint density at radius 2 is 1.68 bits per heavy atom. The van der Waals surface area contributed by atoms with Gasteiger partial charge in [-0.3, -0.25) is 9.48 Å². The van der Waals surface area contributed by atoms with Gasteiger partial charge in [0.15, 0.2) is 5.76 Å². The van der Waals surface area contributed by atoms with Crippen molar-refractivity contribution in [2.75, 3.05) is 11.4 Å². The van der Waals surface area contributed by atoms with E-state index in [0.29, 0.717) is 24.6 Å². The van der Waals surface area contributed by atoms with E-state index in [1.165, 1.54) is 5.56 Å². The molecule has 0 saturated heterocycles. The molecule has 2 heterocycles. The highest BCUT2D eigenvalue weighted by molar-refractivity contribution is 6.04. The van der Waals surface area contributed by atoms with Crippen molar-refractivity contribution in [2.24, 2.45) is 0 Å². The summed E-state index contributed by atoms with van der Waals surface area (Å²) >= 11 is 0. The van der Waals surface area contributed by atoms with Gasteiger partial charge in [-0.05, 0) is 42.3 Å². The van der Waals surface area contributed by atoms with Gasteiger partial charge in [-0.15, -0.1) is 0 Å². The first-order valence-corrected chi connectivity index (χ1v) is 9.26. The number of benzene rings is 2. The molecule has 140 valence electrons. The van der Waals surface area contributed by atoms with E-state index in [4.69, 9.17) is 4.42 Å². The molecule has 28 heavy (non-hydrogen) atoms. The van der Waals surface area contributed by atoms with Crippen LogP contribution in [0.2, 0.25) is 0 Å². The molecule has 0 aliphatic heterocycles. The minimum absolute atomic E-state index is 0.145. The number of amides is 1. The zero-order chi connectivity index (χ0) is 19.2. The van der Waals surface area contributed by atoms with Crippen molar-refractivity contribution < 1.29 is 9.21 Å². The number of rotatable bonds is 7. The number of aromatic nitrogens is 2. The Morgan fingerprint density at radius 3 is 2.39 bits per heavy atom. The number of anilines is 1. The van der Waals surface area contributed by atoms with Crippen LogP contribution < -0.4 is 4.90 Å². The van der Waals surface area contributed by atoms with Crippen molar-refractivity contribution in [3.8, 4) is 0 Å². The molecule has 0 bridgehead atoms. The van der Waals surface area contributed by atoms with E-state index >= 15 is 0 Å². The van der Waals surface area contributed by atoms with Gasteiger partial charge in [0.25, 0.3) is 5.91 Å². The molecule has 0 fully saturated rings. The molecule has 0 aliphatic carbocycles. The Kier molecular flexibility index (Phi) is 5.33. The zero-order valence-electron chi connectivity index (χ0n) is 15.4. The second-order valence-electron chi connectivity index (χ2n) is 6.50. The summed E-state index contributed by atoms with van der Waals surface area (Å²) in [6, 6.07) is 25.3. The molecule has 1 amide bonds. The Labute approximate surface area is 163 Å². The van der Waals surface area contributed by atoms with Gasteiger partial charge < -0.3 is 9.32 Å². The third kappa shape index (κ3) is 4.20. The smallest absolute Gasteiger partial charge is 0.293 e. The predicted octanol–water partition coefficient (Wildman–Crippen LogP) is 4.41. The predicted molar refractivity (Wildman–Crippen MR) is 108 cm³/mol. The average molecular weight is 371 g/mol. The molecule has 0 saturated carbocycles. The van der Waals surface area contributed by atoms with Crippen molar-refractivity contribution >= 4 is 11.6 Å². The summed E-state index contributed by atoms with van der Waals surface area (Å²) in [5, 5.41) is 4.17. The summed E-state index contributed by atoms with van der Waals surface area (Å²) in [7, 11) is 0. The summed E-state index contributed by atoms with van der Waals surface area (Å²) in [5.41, 5.74) is 2.04. The topological polar surface area (TPSA) is 51.3 Å². The fraction of sp³-hybridized carbons (Fsp3) is 0.130. The van der Waals surface area contributed by atoms with E-state index < -0.39 is 0 Å². The highest BCUT2D eigenvalue weighted by Crippen LogP contribution is 2.19. The number of nitrogens with zero attached hydrogens (tertiary/aromatic N) is 3. The van der Waals surface area contributed by atoms with E-state index in [1.807, 2.05) is 66.9 Å². The third-order valence-electron chi connectivity index (χ3n) is 4.53. The van der Waals surface area contributed by atoms with Crippen LogP contribution >= 0.6 is 0 Å². The van der Waals surface area contributed by atoms with E-state index in [-0.39, 0.29) is 5.91 Å². The summed E-state index contributed by atoms with van der Waals surface area (Å²) in [4.78, 5) is 15.0. The maximum Gasteiger partial charge on any atom is 0.293 e. The van der Waals surface area contributed by atoms with Gasteiger partial charge >= 0.3 is 0 Å². The van der Waals surface area contributed by atoms with E-state index in [1.54, 1.807) is 21.8 Å². The molecule has 0 atom stereocenters. The van der Waals surface area contributed by atoms with Gasteiger partial charge in [0.05, 0.1) is 6.54 Å². The molecule has 5 heteroatoms. The highest BCUT2D eigenvalue weighted by Gasteiger charge is 2.21. The molecule has 0 N–H and O–H groups in total.